The summed E-state index contributed by atoms with van der Waals surface area (Å²) in [6.07, 6.45) is 0. The van der Waals surface area contributed by atoms with E-state index in [-0.39, 0.29) is 0 Å². The van der Waals surface area contributed by atoms with Crippen LogP contribution < -0.4 is 9.47 Å². The maximum atomic E-state index is 5.86. The molecule has 0 saturated carbocycles. The highest BCUT2D eigenvalue weighted by Crippen LogP contribution is 2.44. The number of imidazole rings is 1. The first kappa shape index (κ1) is 13.0. The summed E-state index contributed by atoms with van der Waals surface area (Å²) in [5.74, 6) is 3.13. The number of fused-ring (bicyclic) bond motifs is 3. The van der Waals surface area contributed by atoms with Crippen LogP contribution in [0.5, 0.6) is 11.5 Å². The van der Waals surface area contributed by atoms with E-state index in [1.54, 1.807) is 7.11 Å². The molecule has 0 amide bonds. The molecule has 1 aromatic carbocycles. The van der Waals surface area contributed by atoms with E-state index in [0.717, 1.165) is 35.1 Å². The SMILES string of the molecule is CCn1c(C(C)C)nc2c1-c1cccc(OC)c1OC2. The van der Waals surface area contributed by atoms with Crippen LogP contribution in [0.2, 0.25) is 0 Å². The van der Waals surface area contributed by atoms with E-state index < -0.39 is 0 Å². The lowest BCUT2D eigenvalue weighted by Gasteiger charge is -2.21. The molecule has 4 nitrogen and oxygen atoms in total. The molecule has 0 saturated heterocycles. The maximum Gasteiger partial charge on any atom is 0.171 e. The van der Waals surface area contributed by atoms with Crippen molar-refractivity contribution < 1.29 is 9.47 Å². The van der Waals surface area contributed by atoms with E-state index in [1.165, 1.54) is 5.69 Å². The van der Waals surface area contributed by atoms with Crippen molar-refractivity contribution in [3.05, 3.63) is 29.7 Å². The minimum Gasteiger partial charge on any atom is -0.493 e. The molecule has 3 rings (SSSR count). The van der Waals surface area contributed by atoms with Crippen molar-refractivity contribution in [3.63, 3.8) is 0 Å². The predicted octanol–water partition coefficient (Wildman–Crippen LogP) is 3.59. The van der Waals surface area contributed by atoms with Gasteiger partial charge >= 0.3 is 0 Å². The van der Waals surface area contributed by atoms with Gasteiger partial charge in [0.05, 0.1) is 12.8 Å². The number of para-hydroxylation sites is 1. The Kier molecular flexibility index (Phi) is 3.16. The van der Waals surface area contributed by atoms with Crippen molar-refractivity contribution in [3.8, 4) is 22.8 Å². The van der Waals surface area contributed by atoms with E-state index in [2.05, 4.69) is 31.4 Å². The first-order chi connectivity index (χ1) is 9.67. The molecule has 1 aromatic heterocycles. The minimum atomic E-state index is 0.398. The quantitative estimate of drug-likeness (QED) is 0.856. The maximum absolute atomic E-state index is 5.86. The molecule has 0 aliphatic carbocycles. The molecule has 1 aliphatic heterocycles. The number of hydrogen-bond donors (Lipinski definition) is 0. The summed E-state index contributed by atoms with van der Waals surface area (Å²) in [5, 5.41) is 0. The van der Waals surface area contributed by atoms with Crippen LogP contribution in [0.4, 0.5) is 0 Å². The Morgan fingerprint density at radius 2 is 2.20 bits per heavy atom. The molecule has 0 spiro atoms. The molecule has 4 heteroatoms. The number of nitrogens with zero attached hydrogens (tertiary/aromatic N) is 2. The lowest BCUT2D eigenvalue weighted by Crippen LogP contribution is -2.09. The minimum absolute atomic E-state index is 0.398. The summed E-state index contributed by atoms with van der Waals surface area (Å²) in [7, 11) is 1.67. The third-order valence-corrected chi connectivity index (χ3v) is 3.71. The average Bonchev–Trinajstić information content (AvgIpc) is 2.85. The first-order valence-electron chi connectivity index (χ1n) is 7.06. The molecular formula is C16H20N2O2. The zero-order valence-electron chi connectivity index (χ0n) is 12.4. The van der Waals surface area contributed by atoms with Gasteiger partial charge in [0.2, 0.25) is 0 Å². The monoisotopic (exact) mass is 272 g/mol. The lowest BCUT2D eigenvalue weighted by atomic mass is 10.1. The summed E-state index contributed by atoms with van der Waals surface area (Å²) in [6.45, 7) is 7.92. The fraction of sp³-hybridized carbons (Fsp3) is 0.438. The van der Waals surface area contributed by atoms with Gasteiger partial charge in [-0.15, -0.1) is 0 Å². The van der Waals surface area contributed by atoms with Gasteiger partial charge in [-0.1, -0.05) is 19.9 Å². The molecule has 0 unspecified atom stereocenters. The largest absolute Gasteiger partial charge is 0.493 e. The van der Waals surface area contributed by atoms with Crippen molar-refractivity contribution >= 4 is 0 Å². The van der Waals surface area contributed by atoms with E-state index in [0.29, 0.717) is 12.5 Å². The van der Waals surface area contributed by atoms with Gasteiger partial charge in [-0.25, -0.2) is 4.98 Å². The number of aromatic nitrogens is 2. The highest BCUT2D eigenvalue weighted by atomic mass is 16.5. The number of methoxy groups -OCH3 is 1. The van der Waals surface area contributed by atoms with E-state index in [1.807, 2.05) is 12.1 Å². The van der Waals surface area contributed by atoms with Crippen molar-refractivity contribution in [1.82, 2.24) is 9.55 Å². The van der Waals surface area contributed by atoms with Crippen LogP contribution in [0.25, 0.3) is 11.3 Å². The van der Waals surface area contributed by atoms with Crippen molar-refractivity contribution in [2.24, 2.45) is 0 Å². The Hall–Kier alpha value is -1.97. The summed E-state index contributed by atoms with van der Waals surface area (Å²) in [5.41, 5.74) is 3.28. The van der Waals surface area contributed by atoms with Gasteiger partial charge in [0.1, 0.15) is 18.1 Å². The molecule has 2 aromatic rings. The van der Waals surface area contributed by atoms with Crippen molar-refractivity contribution in [2.45, 2.75) is 39.8 Å². The number of benzene rings is 1. The van der Waals surface area contributed by atoms with Crippen molar-refractivity contribution in [2.75, 3.05) is 7.11 Å². The number of hydrogen-bond acceptors (Lipinski definition) is 3. The Bertz CT molecular complexity index is 644. The van der Waals surface area contributed by atoms with Crippen LogP contribution >= 0.6 is 0 Å². The Labute approximate surface area is 119 Å². The van der Waals surface area contributed by atoms with Crippen molar-refractivity contribution in [1.29, 1.82) is 0 Å². The summed E-state index contributed by atoms with van der Waals surface area (Å²) in [6, 6.07) is 6.01. The van der Waals surface area contributed by atoms with Gasteiger partial charge in [-0.05, 0) is 19.1 Å². The highest BCUT2D eigenvalue weighted by Gasteiger charge is 2.27. The zero-order valence-corrected chi connectivity index (χ0v) is 12.4. The van der Waals surface area contributed by atoms with Crippen LogP contribution in [0.15, 0.2) is 18.2 Å². The van der Waals surface area contributed by atoms with Crippen LogP contribution in [0, 0.1) is 0 Å². The average molecular weight is 272 g/mol. The molecule has 0 N–H and O–H groups in total. The molecule has 106 valence electrons. The van der Waals surface area contributed by atoms with Gasteiger partial charge in [-0.3, -0.25) is 0 Å². The fourth-order valence-corrected chi connectivity index (χ4v) is 2.84. The van der Waals surface area contributed by atoms with Crippen LogP contribution in [0.3, 0.4) is 0 Å². The fourth-order valence-electron chi connectivity index (χ4n) is 2.84. The van der Waals surface area contributed by atoms with Gasteiger partial charge in [0.15, 0.2) is 11.5 Å². The Morgan fingerprint density at radius 3 is 2.85 bits per heavy atom. The Balaban J connectivity index is 2.26. The molecular weight excluding hydrogens is 252 g/mol. The second-order valence-electron chi connectivity index (χ2n) is 5.29. The third-order valence-electron chi connectivity index (χ3n) is 3.71. The lowest BCUT2D eigenvalue weighted by molar-refractivity contribution is 0.277. The third kappa shape index (κ3) is 1.79. The summed E-state index contributed by atoms with van der Waals surface area (Å²) in [4.78, 5) is 4.77. The zero-order chi connectivity index (χ0) is 14.3. The van der Waals surface area contributed by atoms with Crippen LogP contribution in [-0.2, 0) is 13.2 Å². The Morgan fingerprint density at radius 1 is 1.40 bits per heavy atom. The molecule has 0 radical (unpaired) electrons. The van der Waals surface area contributed by atoms with Crippen LogP contribution in [0.1, 0.15) is 38.2 Å². The van der Waals surface area contributed by atoms with E-state index >= 15 is 0 Å². The highest BCUT2D eigenvalue weighted by molar-refractivity contribution is 5.75. The van der Waals surface area contributed by atoms with E-state index in [9.17, 15) is 0 Å². The molecule has 20 heavy (non-hydrogen) atoms. The molecule has 0 bridgehead atoms. The second kappa shape index (κ2) is 4.85. The normalized spacial score (nSPS) is 12.8. The van der Waals surface area contributed by atoms with E-state index in [4.69, 9.17) is 14.5 Å². The summed E-state index contributed by atoms with van der Waals surface area (Å²) < 4.78 is 13.6. The second-order valence-corrected chi connectivity index (χ2v) is 5.29. The molecule has 0 atom stereocenters. The van der Waals surface area contributed by atoms with Gasteiger partial charge in [0, 0.05) is 18.0 Å². The number of ether oxygens (including phenoxy) is 2. The smallest absolute Gasteiger partial charge is 0.171 e. The molecule has 2 heterocycles. The topological polar surface area (TPSA) is 36.3 Å². The number of rotatable bonds is 3. The first-order valence-corrected chi connectivity index (χ1v) is 7.06. The molecule has 1 aliphatic rings. The van der Waals surface area contributed by atoms with Gasteiger partial charge in [-0.2, -0.15) is 0 Å². The summed E-state index contributed by atoms with van der Waals surface area (Å²) >= 11 is 0. The molecule has 0 fully saturated rings. The standard InChI is InChI=1S/C16H20N2O2/c1-5-18-14-11-7-6-8-13(19-4)15(11)20-9-12(14)17-16(18)10(2)3/h6-8,10H,5,9H2,1-4H3. The van der Waals surface area contributed by atoms with Gasteiger partial charge in [0.25, 0.3) is 0 Å². The van der Waals surface area contributed by atoms with Crippen LogP contribution in [-0.4, -0.2) is 16.7 Å². The predicted molar refractivity (Wildman–Crippen MR) is 78.3 cm³/mol. The van der Waals surface area contributed by atoms with Gasteiger partial charge < -0.3 is 14.0 Å².